The number of nitriles is 1. The molecule has 15 heavy (non-hydrogen) atoms. The molecular weight excluding hydrogens is 247 g/mol. The van der Waals surface area contributed by atoms with Gasteiger partial charge in [-0.3, -0.25) is 4.79 Å². The summed E-state index contributed by atoms with van der Waals surface area (Å²) >= 11 is 9.53. The maximum absolute atomic E-state index is 8.36. The fourth-order valence-corrected chi connectivity index (χ4v) is 0. The molecule has 94 valence electrons. The van der Waals surface area contributed by atoms with Crippen LogP contribution in [-0.4, -0.2) is 33.2 Å². The van der Waals surface area contributed by atoms with Crippen LogP contribution in [0.1, 0.15) is 20.8 Å². The van der Waals surface area contributed by atoms with Crippen LogP contribution in [0.15, 0.2) is 0 Å². The Hall–Kier alpha value is -0.580. The first-order valence-electron chi connectivity index (χ1n) is 3.26. The van der Waals surface area contributed by atoms with E-state index in [2.05, 4.69) is 0 Å². The van der Waals surface area contributed by atoms with E-state index in [9.17, 15) is 0 Å². The van der Waals surface area contributed by atoms with Crippen molar-refractivity contribution in [1.29, 1.82) is 5.26 Å². The Morgan fingerprint density at radius 1 is 1.53 bits per heavy atom. The van der Waals surface area contributed by atoms with E-state index in [0.717, 1.165) is 0 Å². The van der Waals surface area contributed by atoms with Gasteiger partial charge in [0.2, 0.25) is 0 Å². The molecule has 0 fully saturated rings. The Morgan fingerprint density at radius 2 is 1.53 bits per heavy atom. The molecule has 0 aromatic carbocycles. The van der Waals surface area contributed by atoms with Crippen molar-refractivity contribution in [2.45, 2.75) is 26.5 Å². The van der Waals surface area contributed by atoms with Gasteiger partial charge in [-0.2, -0.15) is 5.26 Å². The molecule has 8 heteroatoms. The van der Waals surface area contributed by atoms with Crippen molar-refractivity contribution in [3.8, 4) is 6.07 Å². The SMILES string of the molecule is CC#N.CC(C)(N)O.ClCCl.O.O=CO. The van der Waals surface area contributed by atoms with E-state index in [1.54, 1.807) is 6.07 Å². The summed E-state index contributed by atoms with van der Waals surface area (Å²) < 4.78 is 0. The third-order valence-electron chi connectivity index (χ3n) is 0. The minimum absolute atomic E-state index is 0. The molecule has 0 amide bonds. The van der Waals surface area contributed by atoms with Crippen LogP contribution in [-0.2, 0) is 4.79 Å². The first-order valence-corrected chi connectivity index (χ1v) is 4.33. The molecule has 0 aromatic rings. The molecule has 0 radical (unpaired) electrons. The Kier molecular flexibility index (Phi) is 57.0. The molecule has 0 bridgehead atoms. The lowest BCUT2D eigenvalue weighted by atomic mass is 10.4. The normalized spacial score (nSPS) is 6.53. The van der Waals surface area contributed by atoms with Crippen LogP contribution in [0.25, 0.3) is 0 Å². The van der Waals surface area contributed by atoms with Crippen molar-refractivity contribution in [3.05, 3.63) is 0 Å². The van der Waals surface area contributed by atoms with E-state index >= 15 is 0 Å². The molecule has 0 aliphatic heterocycles. The summed E-state index contributed by atoms with van der Waals surface area (Å²) in [4.78, 5) is 8.36. The number of carbonyl (C=O) groups is 1. The Morgan fingerprint density at radius 3 is 1.53 bits per heavy atom. The van der Waals surface area contributed by atoms with E-state index in [1.807, 2.05) is 0 Å². The highest BCUT2D eigenvalue weighted by Gasteiger charge is 1.98. The lowest BCUT2D eigenvalue weighted by Gasteiger charge is -2.05. The van der Waals surface area contributed by atoms with Gasteiger partial charge in [-0.25, -0.2) is 0 Å². The average Bonchev–Trinajstić information content (AvgIpc) is 1.86. The second-order valence-corrected chi connectivity index (χ2v) is 2.89. The van der Waals surface area contributed by atoms with Crippen LogP contribution in [0.4, 0.5) is 0 Å². The summed E-state index contributed by atoms with van der Waals surface area (Å²) in [6.45, 7) is 4.22. The summed E-state index contributed by atoms with van der Waals surface area (Å²) in [5.41, 5.74) is 3.91. The molecule has 0 aromatic heterocycles. The van der Waals surface area contributed by atoms with Crippen molar-refractivity contribution < 1.29 is 20.5 Å². The van der Waals surface area contributed by atoms with Crippen LogP contribution in [0.2, 0.25) is 0 Å². The molecular formula is C7H18Cl2N2O4. The molecule has 0 rings (SSSR count). The highest BCUT2D eigenvalue weighted by Crippen LogP contribution is 1.82. The molecule has 0 saturated heterocycles. The number of hydrogen-bond acceptors (Lipinski definition) is 4. The standard InChI is InChI=1S/C3H9NO.C2H3N.CH2Cl2.CH2O2.H2O/c1-3(2,4)5;1-2-3;2*2-1-3;/h5H,4H2,1-2H3;1H3;1H2;1H,(H,2,3);1H2. The van der Waals surface area contributed by atoms with Crippen LogP contribution < -0.4 is 5.73 Å². The number of nitrogens with two attached hydrogens (primary N) is 1. The molecule has 0 saturated carbocycles. The van der Waals surface area contributed by atoms with Crippen molar-refractivity contribution >= 4 is 29.7 Å². The second kappa shape index (κ2) is 29.2. The third kappa shape index (κ3) is 5200. The minimum Gasteiger partial charge on any atom is -0.483 e. The summed E-state index contributed by atoms with van der Waals surface area (Å²) in [5, 5.41) is 22.7. The Bertz CT molecular complexity index is 128. The van der Waals surface area contributed by atoms with Gasteiger partial charge in [-0.15, -0.1) is 23.2 Å². The zero-order chi connectivity index (χ0) is 12.6. The molecule has 6 nitrogen and oxygen atoms in total. The van der Waals surface area contributed by atoms with E-state index < -0.39 is 5.72 Å². The van der Waals surface area contributed by atoms with Gasteiger partial charge in [0.1, 0.15) is 5.72 Å². The smallest absolute Gasteiger partial charge is 0.290 e. The van der Waals surface area contributed by atoms with Gasteiger partial charge in [0.05, 0.1) is 11.4 Å². The maximum atomic E-state index is 8.36. The predicted octanol–water partition coefficient (Wildman–Crippen LogP) is 0.501. The predicted molar refractivity (Wildman–Crippen MR) is 60.7 cm³/mol. The van der Waals surface area contributed by atoms with Crippen molar-refractivity contribution in [3.63, 3.8) is 0 Å². The fourth-order valence-electron chi connectivity index (χ4n) is 0. The summed E-state index contributed by atoms with van der Waals surface area (Å²) in [5.74, 6) is 0. The zero-order valence-electron chi connectivity index (χ0n) is 8.87. The molecule has 0 aliphatic carbocycles. The number of halogens is 2. The first-order chi connectivity index (χ1) is 6.24. The molecule has 0 atom stereocenters. The minimum atomic E-state index is -1.00. The maximum Gasteiger partial charge on any atom is 0.290 e. The van der Waals surface area contributed by atoms with Gasteiger partial charge in [0.15, 0.2) is 0 Å². The van der Waals surface area contributed by atoms with Gasteiger partial charge in [-0.05, 0) is 13.8 Å². The van der Waals surface area contributed by atoms with E-state index in [0.29, 0.717) is 0 Å². The van der Waals surface area contributed by atoms with Crippen molar-refractivity contribution in [2.24, 2.45) is 5.73 Å². The number of nitrogens with zero attached hydrogens (tertiary/aromatic N) is 1. The summed E-state index contributed by atoms with van der Waals surface area (Å²) in [7, 11) is 0. The second-order valence-electron chi connectivity index (χ2n) is 2.08. The van der Waals surface area contributed by atoms with Gasteiger partial charge < -0.3 is 21.4 Å². The molecule has 6 N–H and O–H groups in total. The Labute approximate surface area is 99.5 Å². The zero-order valence-corrected chi connectivity index (χ0v) is 10.4. The van der Waals surface area contributed by atoms with E-state index in [4.69, 9.17) is 49.2 Å². The van der Waals surface area contributed by atoms with Crippen molar-refractivity contribution in [2.75, 3.05) is 5.34 Å². The number of rotatable bonds is 0. The summed E-state index contributed by atoms with van der Waals surface area (Å²) in [6.07, 6.45) is 0. The van der Waals surface area contributed by atoms with Gasteiger partial charge in [0.25, 0.3) is 6.47 Å². The van der Waals surface area contributed by atoms with E-state index in [1.165, 1.54) is 20.8 Å². The lowest BCUT2D eigenvalue weighted by molar-refractivity contribution is -0.122. The van der Waals surface area contributed by atoms with Crippen LogP contribution >= 0.6 is 23.2 Å². The van der Waals surface area contributed by atoms with Gasteiger partial charge in [0, 0.05) is 6.92 Å². The molecule has 0 unspecified atom stereocenters. The average molecular weight is 265 g/mol. The lowest BCUT2D eigenvalue weighted by Crippen LogP contribution is -2.30. The number of aliphatic hydroxyl groups is 1. The number of carboxylic acid groups (broad SMARTS) is 1. The number of hydrogen-bond donors (Lipinski definition) is 3. The third-order valence-corrected chi connectivity index (χ3v) is 0. The highest BCUT2D eigenvalue weighted by molar-refractivity contribution is 6.40. The fraction of sp³-hybridized carbons (Fsp3) is 0.714. The topological polar surface area (TPSA) is 139 Å². The molecule has 0 spiro atoms. The van der Waals surface area contributed by atoms with E-state index in [-0.39, 0.29) is 17.3 Å². The van der Waals surface area contributed by atoms with Crippen molar-refractivity contribution in [1.82, 2.24) is 0 Å². The monoisotopic (exact) mass is 264 g/mol. The molecule has 0 heterocycles. The summed E-state index contributed by atoms with van der Waals surface area (Å²) in [6, 6.07) is 1.75. The quantitative estimate of drug-likeness (QED) is 0.332. The van der Waals surface area contributed by atoms with Crippen LogP contribution in [0, 0.1) is 11.3 Å². The molecule has 0 aliphatic rings. The number of alkyl halides is 2. The van der Waals surface area contributed by atoms with Crippen LogP contribution in [0.5, 0.6) is 0 Å². The highest BCUT2D eigenvalue weighted by atomic mass is 35.5. The largest absolute Gasteiger partial charge is 0.483 e. The first kappa shape index (κ1) is 29.3. The van der Waals surface area contributed by atoms with Crippen LogP contribution in [0.3, 0.4) is 0 Å². The Balaban J connectivity index is -0.0000000300. The van der Waals surface area contributed by atoms with Gasteiger partial charge >= 0.3 is 0 Å². The van der Waals surface area contributed by atoms with Gasteiger partial charge in [-0.1, -0.05) is 0 Å².